The Balaban J connectivity index is 0.873. The summed E-state index contributed by atoms with van der Waals surface area (Å²) in [4.78, 5) is 15.6. The summed E-state index contributed by atoms with van der Waals surface area (Å²) in [6.07, 6.45) is 8.57. The first-order valence-corrected chi connectivity index (χ1v) is 21.0. The molecule has 0 spiro atoms. The van der Waals surface area contributed by atoms with E-state index >= 15 is 0 Å². The molecule has 0 aromatic heterocycles. The van der Waals surface area contributed by atoms with Crippen molar-refractivity contribution in [3.63, 3.8) is 0 Å². The smallest absolute Gasteiger partial charge is 0.315 e. The number of halogens is 1. The summed E-state index contributed by atoms with van der Waals surface area (Å²) in [5, 5.41) is 28.5. The molecular weight excluding hydrogens is 722 g/mol. The standard InChI is InChI=1S/C47H54ClN3O5/c48-41-13-11-40(12-14-41)47(54)15-17-51(18-16-47)29-42-24-43(36-9-7-31(30-52)8-10-36)56-44(55-42)39-6-2-5-38(23-39)37-4-1-3-32(22-37)28-49-45(53)50-46-25-33-19-34(26-46)21-35(20-33)27-46/h1-14,22-23,33-35,42-44,52,54H,15-21,24-30H2,(H2,49,50,53)/t33?,34?,35?,42-,43+,44+,46?/m1/s1. The molecule has 6 fully saturated rings. The lowest BCUT2D eigenvalue weighted by molar-refractivity contribution is -0.253. The lowest BCUT2D eigenvalue weighted by Gasteiger charge is -2.56. The number of amides is 2. The SMILES string of the molecule is O=C(NCc1cccc(-c2cccc([C@H]3O[C@@H](CN4CCC(O)(c5ccc(Cl)cc5)CC4)C[C@@H](c4ccc(CO)cc4)O3)c2)c1)NC12CC3CC(CC(C3)C1)C2. The van der Waals surface area contributed by atoms with Crippen LogP contribution in [0.15, 0.2) is 97.1 Å². The minimum atomic E-state index is -0.870. The average Bonchev–Trinajstić information content (AvgIpc) is 3.20. The maximum Gasteiger partial charge on any atom is 0.315 e. The number of likely N-dealkylation sites (tertiary alicyclic amines) is 1. The largest absolute Gasteiger partial charge is 0.392 e. The second-order valence-corrected chi connectivity index (χ2v) is 18.0. The molecule has 9 heteroatoms. The van der Waals surface area contributed by atoms with Gasteiger partial charge in [-0.05, 0) is 127 Å². The number of urea groups is 1. The Bertz CT molecular complexity index is 1960. The zero-order chi connectivity index (χ0) is 38.3. The molecule has 4 aromatic rings. The van der Waals surface area contributed by atoms with Gasteiger partial charge in [0.15, 0.2) is 6.29 Å². The molecule has 4 bridgehead atoms. The second-order valence-electron chi connectivity index (χ2n) is 17.5. The maximum atomic E-state index is 13.2. The molecule has 294 valence electrons. The Labute approximate surface area is 335 Å². The summed E-state index contributed by atoms with van der Waals surface area (Å²) in [6, 6.07) is 32.3. The minimum absolute atomic E-state index is 0.00339. The van der Waals surface area contributed by atoms with Gasteiger partial charge in [0, 0.05) is 48.7 Å². The number of benzene rings is 4. The highest BCUT2D eigenvalue weighted by atomic mass is 35.5. The molecule has 2 saturated heterocycles. The van der Waals surface area contributed by atoms with Gasteiger partial charge in [-0.2, -0.15) is 0 Å². The third-order valence-electron chi connectivity index (χ3n) is 13.4. The fourth-order valence-corrected chi connectivity index (χ4v) is 11.1. The second kappa shape index (κ2) is 15.9. The zero-order valence-electron chi connectivity index (χ0n) is 32.0. The Kier molecular flexibility index (Phi) is 10.7. The van der Waals surface area contributed by atoms with E-state index in [-0.39, 0.29) is 30.4 Å². The highest BCUT2D eigenvalue weighted by molar-refractivity contribution is 6.30. The summed E-state index contributed by atoms with van der Waals surface area (Å²) in [5.41, 5.74) is 6.07. The summed E-state index contributed by atoms with van der Waals surface area (Å²) < 4.78 is 13.5. The van der Waals surface area contributed by atoms with Gasteiger partial charge in [0.2, 0.25) is 0 Å². The lowest BCUT2D eigenvalue weighted by Crippen LogP contribution is -2.61. The summed E-state index contributed by atoms with van der Waals surface area (Å²) in [5.74, 6) is 2.35. The molecule has 8 nitrogen and oxygen atoms in total. The normalized spacial score (nSPS) is 29.6. The van der Waals surface area contributed by atoms with Crippen LogP contribution in [0.2, 0.25) is 5.02 Å². The summed E-state index contributed by atoms with van der Waals surface area (Å²) >= 11 is 6.12. The highest BCUT2D eigenvalue weighted by Crippen LogP contribution is 2.55. The summed E-state index contributed by atoms with van der Waals surface area (Å²) in [6.45, 7) is 2.70. The van der Waals surface area contributed by atoms with Crippen molar-refractivity contribution in [2.24, 2.45) is 17.8 Å². The van der Waals surface area contributed by atoms with Crippen LogP contribution in [-0.4, -0.2) is 52.4 Å². The number of piperidine rings is 1. The zero-order valence-corrected chi connectivity index (χ0v) is 32.8. The molecule has 6 aliphatic rings. The molecule has 4 aromatic carbocycles. The number of carbonyl (C=O) groups excluding carboxylic acids is 1. The van der Waals surface area contributed by atoms with E-state index in [9.17, 15) is 15.0 Å². The molecule has 2 aliphatic heterocycles. The van der Waals surface area contributed by atoms with Gasteiger partial charge in [-0.15, -0.1) is 0 Å². The van der Waals surface area contributed by atoms with Crippen molar-refractivity contribution in [3.8, 4) is 11.1 Å². The number of hydrogen-bond donors (Lipinski definition) is 4. The Morgan fingerprint density at radius 2 is 1.43 bits per heavy atom. The Morgan fingerprint density at radius 1 is 0.768 bits per heavy atom. The third kappa shape index (κ3) is 8.29. The van der Waals surface area contributed by atoms with Crippen molar-refractivity contribution in [1.82, 2.24) is 15.5 Å². The van der Waals surface area contributed by atoms with Gasteiger partial charge in [-0.3, -0.25) is 0 Å². The first-order chi connectivity index (χ1) is 27.2. The molecule has 56 heavy (non-hydrogen) atoms. The van der Waals surface area contributed by atoms with Crippen LogP contribution in [0.25, 0.3) is 11.1 Å². The van der Waals surface area contributed by atoms with Crippen molar-refractivity contribution < 1.29 is 24.5 Å². The van der Waals surface area contributed by atoms with E-state index < -0.39 is 11.9 Å². The maximum absolute atomic E-state index is 13.2. The Hall–Kier alpha value is -3.76. The quantitative estimate of drug-likeness (QED) is 0.129. The molecule has 10 rings (SSSR count). The first kappa shape index (κ1) is 37.8. The molecule has 4 aliphatic carbocycles. The molecule has 0 unspecified atom stereocenters. The number of ether oxygens (including phenoxy) is 2. The molecule has 0 radical (unpaired) electrons. The Morgan fingerprint density at radius 3 is 2.11 bits per heavy atom. The van der Waals surface area contributed by atoms with E-state index in [2.05, 4.69) is 64.1 Å². The van der Waals surface area contributed by atoms with Crippen LogP contribution in [0.1, 0.15) is 98.0 Å². The van der Waals surface area contributed by atoms with Crippen LogP contribution in [0.4, 0.5) is 4.79 Å². The molecule has 2 heterocycles. The van der Waals surface area contributed by atoms with E-state index in [0.29, 0.717) is 30.8 Å². The van der Waals surface area contributed by atoms with Gasteiger partial charge >= 0.3 is 6.03 Å². The third-order valence-corrected chi connectivity index (χ3v) is 13.7. The van der Waals surface area contributed by atoms with Crippen molar-refractivity contribution >= 4 is 17.6 Å². The van der Waals surface area contributed by atoms with Gasteiger partial charge < -0.3 is 35.2 Å². The van der Waals surface area contributed by atoms with Crippen LogP contribution >= 0.6 is 11.6 Å². The van der Waals surface area contributed by atoms with E-state index in [1.807, 2.05) is 48.5 Å². The minimum Gasteiger partial charge on any atom is -0.392 e. The predicted molar refractivity (Wildman–Crippen MR) is 218 cm³/mol. The van der Waals surface area contributed by atoms with Crippen LogP contribution < -0.4 is 10.6 Å². The van der Waals surface area contributed by atoms with E-state index in [1.54, 1.807) is 0 Å². The molecule has 4 saturated carbocycles. The average molecular weight is 776 g/mol. The predicted octanol–water partition coefficient (Wildman–Crippen LogP) is 8.80. The number of aliphatic hydroxyl groups is 2. The highest BCUT2D eigenvalue weighted by Gasteiger charge is 2.51. The monoisotopic (exact) mass is 775 g/mol. The lowest BCUT2D eigenvalue weighted by atomic mass is 9.53. The fraction of sp³-hybridized carbons (Fsp3) is 0.468. The fourth-order valence-electron chi connectivity index (χ4n) is 10.9. The topological polar surface area (TPSA) is 103 Å². The molecule has 3 atom stereocenters. The van der Waals surface area contributed by atoms with Crippen LogP contribution in [0.3, 0.4) is 0 Å². The number of nitrogens with zero attached hydrogens (tertiary/aromatic N) is 1. The van der Waals surface area contributed by atoms with Gasteiger partial charge in [-0.25, -0.2) is 4.79 Å². The van der Waals surface area contributed by atoms with Crippen LogP contribution in [0.5, 0.6) is 0 Å². The number of nitrogens with one attached hydrogen (secondary N) is 2. The van der Waals surface area contributed by atoms with Crippen LogP contribution in [0, 0.1) is 17.8 Å². The van der Waals surface area contributed by atoms with Crippen molar-refractivity contribution in [3.05, 3.63) is 130 Å². The molecule has 2 amide bonds. The van der Waals surface area contributed by atoms with Gasteiger partial charge in [0.05, 0.1) is 24.4 Å². The number of aliphatic hydroxyl groups excluding tert-OH is 1. The van der Waals surface area contributed by atoms with Crippen LogP contribution in [-0.2, 0) is 28.2 Å². The van der Waals surface area contributed by atoms with Gasteiger partial charge in [0.25, 0.3) is 0 Å². The number of hydrogen-bond acceptors (Lipinski definition) is 6. The number of carbonyl (C=O) groups is 1. The van der Waals surface area contributed by atoms with Crippen molar-refractivity contribution in [1.29, 1.82) is 0 Å². The first-order valence-electron chi connectivity index (χ1n) is 20.7. The van der Waals surface area contributed by atoms with Crippen molar-refractivity contribution in [2.45, 2.75) is 101 Å². The molecule has 4 N–H and O–H groups in total. The van der Waals surface area contributed by atoms with Gasteiger partial charge in [-0.1, -0.05) is 84.4 Å². The van der Waals surface area contributed by atoms with Gasteiger partial charge in [0.1, 0.15) is 0 Å². The molecular formula is C47H54ClN3O5. The number of rotatable bonds is 10. The van der Waals surface area contributed by atoms with Crippen molar-refractivity contribution in [2.75, 3.05) is 19.6 Å². The summed E-state index contributed by atoms with van der Waals surface area (Å²) in [7, 11) is 0. The van der Waals surface area contributed by atoms with E-state index in [1.165, 1.54) is 19.3 Å². The van der Waals surface area contributed by atoms with E-state index in [0.717, 1.165) is 95.6 Å². The van der Waals surface area contributed by atoms with E-state index in [4.69, 9.17) is 21.1 Å².